The SMILES string of the molecule is Cc1cccc(Nc2ncnc(NNC(=O)c3ccc(Cl)cc3)c2[N+](=O)[O-])c1. The number of aryl methyl sites for hydroxylation is 1. The molecule has 1 aromatic heterocycles. The minimum absolute atomic E-state index is 0.00570. The fourth-order valence-corrected chi connectivity index (χ4v) is 2.51. The average Bonchev–Trinajstić information content (AvgIpc) is 2.66. The highest BCUT2D eigenvalue weighted by Gasteiger charge is 2.23. The summed E-state index contributed by atoms with van der Waals surface area (Å²) >= 11 is 5.79. The Hall–Kier alpha value is -3.72. The van der Waals surface area contributed by atoms with E-state index >= 15 is 0 Å². The van der Waals surface area contributed by atoms with Crippen LogP contribution in [0.4, 0.5) is 23.0 Å². The van der Waals surface area contributed by atoms with Crippen molar-refractivity contribution in [2.75, 3.05) is 10.7 Å². The summed E-state index contributed by atoms with van der Waals surface area (Å²) in [6.07, 6.45) is 1.15. The number of aromatic nitrogens is 2. The predicted octanol–water partition coefficient (Wildman–Crippen LogP) is 3.85. The standard InChI is InChI=1S/C18H15ClN6O3/c1-11-3-2-4-14(9-11)22-16-15(25(27)28)17(21-10-20-16)23-24-18(26)12-5-7-13(19)8-6-12/h2-10H,1H3,(H,24,26)(H2,20,21,22,23). The zero-order chi connectivity index (χ0) is 20.1. The van der Waals surface area contributed by atoms with Gasteiger partial charge in [-0.3, -0.25) is 25.8 Å². The Morgan fingerprint density at radius 2 is 1.82 bits per heavy atom. The van der Waals surface area contributed by atoms with Gasteiger partial charge in [-0.15, -0.1) is 0 Å². The lowest BCUT2D eigenvalue weighted by Crippen LogP contribution is -2.30. The van der Waals surface area contributed by atoms with E-state index in [0.29, 0.717) is 16.3 Å². The molecular formula is C18H15ClN6O3. The molecule has 0 aliphatic carbocycles. The van der Waals surface area contributed by atoms with Crippen LogP contribution in [0.1, 0.15) is 15.9 Å². The molecule has 3 rings (SSSR count). The average molecular weight is 399 g/mol. The van der Waals surface area contributed by atoms with Crippen LogP contribution in [0.15, 0.2) is 54.9 Å². The van der Waals surface area contributed by atoms with Gasteiger partial charge in [-0.25, -0.2) is 9.97 Å². The topological polar surface area (TPSA) is 122 Å². The van der Waals surface area contributed by atoms with E-state index < -0.39 is 16.5 Å². The maximum absolute atomic E-state index is 12.2. The molecule has 0 fully saturated rings. The van der Waals surface area contributed by atoms with Crippen molar-refractivity contribution in [3.63, 3.8) is 0 Å². The number of hydrazine groups is 1. The number of hydrogen-bond acceptors (Lipinski definition) is 7. The molecule has 1 heterocycles. The summed E-state index contributed by atoms with van der Waals surface area (Å²) in [6.45, 7) is 1.90. The summed E-state index contributed by atoms with van der Waals surface area (Å²) in [6, 6.07) is 13.5. The molecule has 9 nitrogen and oxygen atoms in total. The number of nitro groups is 1. The lowest BCUT2D eigenvalue weighted by Gasteiger charge is -2.11. The van der Waals surface area contributed by atoms with Gasteiger partial charge >= 0.3 is 5.69 Å². The largest absolute Gasteiger partial charge is 0.355 e. The zero-order valence-corrected chi connectivity index (χ0v) is 15.4. The molecule has 28 heavy (non-hydrogen) atoms. The van der Waals surface area contributed by atoms with E-state index in [0.717, 1.165) is 11.9 Å². The number of rotatable bonds is 6. The molecular weight excluding hydrogens is 384 g/mol. The van der Waals surface area contributed by atoms with Crippen molar-refractivity contribution < 1.29 is 9.72 Å². The van der Waals surface area contributed by atoms with E-state index in [9.17, 15) is 14.9 Å². The number of hydrogen-bond donors (Lipinski definition) is 3. The third-order valence-electron chi connectivity index (χ3n) is 3.69. The van der Waals surface area contributed by atoms with Crippen LogP contribution in [0.5, 0.6) is 0 Å². The molecule has 142 valence electrons. The van der Waals surface area contributed by atoms with Crippen LogP contribution in [-0.2, 0) is 0 Å². The van der Waals surface area contributed by atoms with Gasteiger partial charge in [0.25, 0.3) is 5.91 Å². The Bertz CT molecular complexity index is 1030. The van der Waals surface area contributed by atoms with E-state index in [4.69, 9.17) is 11.6 Å². The molecule has 1 amide bonds. The van der Waals surface area contributed by atoms with Gasteiger partial charge in [0.2, 0.25) is 11.6 Å². The van der Waals surface area contributed by atoms with E-state index in [1.54, 1.807) is 18.2 Å². The van der Waals surface area contributed by atoms with Crippen LogP contribution >= 0.6 is 11.6 Å². The molecule has 0 saturated heterocycles. The van der Waals surface area contributed by atoms with Crippen LogP contribution < -0.4 is 16.2 Å². The van der Waals surface area contributed by atoms with Crippen LogP contribution in [-0.4, -0.2) is 20.8 Å². The molecule has 3 aromatic rings. The number of benzene rings is 2. The lowest BCUT2D eigenvalue weighted by molar-refractivity contribution is -0.383. The van der Waals surface area contributed by atoms with Gasteiger partial charge < -0.3 is 5.32 Å². The van der Waals surface area contributed by atoms with Crippen molar-refractivity contribution in [2.24, 2.45) is 0 Å². The molecule has 0 atom stereocenters. The number of carbonyl (C=O) groups is 1. The van der Waals surface area contributed by atoms with Crippen LogP contribution in [0.3, 0.4) is 0 Å². The normalized spacial score (nSPS) is 10.2. The number of halogens is 1. The van der Waals surface area contributed by atoms with Gasteiger partial charge in [-0.2, -0.15) is 0 Å². The minimum Gasteiger partial charge on any atom is -0.334 e. The van der Waals surface area contributed by atoms with Crippen molar-refractivity contribution in [3.8, 4) is 0 Å². The summed E-state index contributed by atoms with van der Waals surface area (Å²) in [5.41, 5.74) is 6.40. The second-order valence-electron chi connectivity index (χ2n) is 5.76. The molecule has 0 unspecified atom stereocenters. The second kappa shape index (κ2) is 8.31. The molecule has 0 spiro atoms. The Kier molecular flexibility index (Phi) is 5.66. The zero-order valence-electron chi connectivity index (χ0n) is 14.6. The first-order chi connectivity index (χ1) is 13.4. The highest BCUT2D eigenvalue weighted by atomic mass is 35.5. The summed E-state index contributed by atoms with van der Waals surface area (Å²) in [5.74, 6) is -0.663. The molecule has 0 aliphatic heterocycles. The highest BCUT2D eigenvalue weighted by molar-refractivity contribution is 6.30. The van der Waals surface area contributed by atoms with Crippen molar-refractivity contribution in [2.45, 2.75) is 6.92 Å². The predicted molar refractivity (Wildman–Crippen MR) is 106 cm³/mol. The third-order valence-corrected chi connectivity index (χ3v) is 3.94. The lowest BCUT2D eigenvalue weighted by atomic mass is 10.2. The Morgan fingerprint density at radius 1 is 1.11 bits per heavy atom. The smallest absolute Gasteiger partial charge is 0.334 e. The Labute approximate surface area is 164 Å². The van der Waals surface area contributed by atoms with Gasteiger partial charge in [-0.05, 0) is 48.9 Å². The van der Waals surface area contributed by atoms with Crippen LogP contribution in [0.25, 0.3) is 0 Å². The first kappa shape index (κ1) is 19.1. The fourth-order valence-electron chi connectivity index (χ4n) is 2.38. The van der Waals surface area contributed by atoms with Crippen LogP contribution in [0, 0.1) is 17.0 Å². The van der Waals surface area contributed by atoms with Gasteiger partial charge in [-0.1, -0.05) is 23.7 Å². The highest BCUT2D eigenvalue weighted by Crippen LogP contribution is 2.30. The van der Waals surface area contributed by atoms with Gasteiger partial charge in [0.15, 0.2) is 0 Å². The first-order valence-electron chi connectivity index (χ1n) is 8.09. The molecule has 10 heteroatoms. The fraction of sp³-hybridized carbons (Fsp3) is 0.0556. The maximum atomic E-state index is 12.2. The summed E-state index contributed by atoms with van der Waals surface area (Å²) in [4.78, 5) is 30.9. The monoisotopic (exact) mass is 398 g/mol. The molecule has 3 N–H and O–H groups in total. The van der Waals surface area contributed by atoms with Gasteiger partial charge in [0, 0.05) is 16.3 Å². The number of carbonyl (C=O) groups excluding carboxylic acids is 1. The number of nitrogens with zero attached hydrogens (tertiary/aromatic N) is 3. The van der Waals surface area contributed by atoms with Crippen molar-refractivity contribution >= 4 is 40.5 Å². The Morgan fingerprint density at radius 3 is 2.50 bits per heavy atom. The summed E-state index contributed by atoms with van der Waals surface area (Å²) in [7, 11) is 0. The molecule has 0 aliphatic rings. The number of amides is 1. The summed E-state index contributed by atoms with van der Waals surface area (Å²) in [5, 5.41) is 15.0. The Balaban J connectivity index is 1.82. The quantitative estimate of drug-likeness (QED) is 0.425. The van der Waals surface area contributed by atoms with E-state index in [1.807, 2.05) is 25.1 Å². The molecule has 0 saturated carbocycles. The van der Waals surface area contributed by atoms with Crippen molar-refractivity contribution in [1.29, 1.82) is 0 Å². The molecule has 0 bridgehead atoms. The van der Waals surface area contributed by atoms with E-state index in [-0.39, 0.29) is 11.6 Å². The number of anilines is 3. The third kappa shape index (κ3) is 4.51. The minimum atomic E-state index is -0.630. The van der Waals surface area contributed by atoms with Crippen molar-refractivity contribution in [1.82, 2.24) is 15.4 Å². The summed E-state index contributed by atoms with van der Waals surface area (Å²) < 4.78 is 0. The second-order valence-corrected chi connectivity index (χ2v) is 6.19. The van der Waals surface area contributed by atoms with Crippen LogP contribution in [0.2, 0.25) is 5.02 Å². The van der Waals surface area contributed by atoms with E-state index in [2.05, 4.69) is 26.1 Å². The van der Waals surface area contributed by atoms with E-state index in [1.165, 1.54) is 12.1 Å². The molecule has 2 aromatic carbocycles. The van der Waals surface area contributed by atoms with Gasteiger partial charge in [0.1, 0.15) is 6.33 Å². The number of nitrogens with one attached hydrogen (secondary N) is 3. The maximum Gasteiger partial charge on any atom is 0.355 e. The van der Waals surface area contributed by atoms with Crippen molar-refractivity contribution in [3.05, 3.63) is 81.1 Å². The molecule has 0 radical (unpaired) electrons. The first-order valence-corrected chi connectivity index (χ1v) is 8.47. The van der Waals surface area contributed by atoms with Gasteiger partial charge in [0.05, 0.1) is 4.92 Å².